The second kappa shape index (κ2) is 6.14. The lowest BCUT2D eigenvalue weighted by Gasteiger charge is -2.38. The molecule has 7 rings (SSSR count). The van der Waals surface area contributed by atoms with Crippen molar-refractivity contribution in [3.05, 3.63) is 69.3 Å². The molecule has 5 aliphatic rings. The Morgan fingerprint density at radius 1 is 1.12 bits per heavy atom. The predicted octanol–water partition coefficient (Wildman–Crippen LogP) is 0.844. The molecule has 8 nitrogen and oxygen atoms in total. The van der Waals surface area contributed by atoms with Crippen molar-refractivity contribution in [1.82, 2.24) is 5.32 Å². The molecule has 1 fully saturated rings. The number of ketones is 2. The van der Waals surface area contributed by atoms with Crippen LogP contribution in [0.3, 0.4) is 0 Å². The van der Waals surface area contributed by atoms with Gasteiger partial charge in [0.15, 0.2) is 22.8 Å². The fourth-order valence-corrected chi connectivity index (χ4v) is 6.23. The summed E-state index contributed by atoms with van der Waals surface area (Å²) >= 11 is 0. The van der Waals surface area contributed by atoms with E-state index in [-0.39, 0.29) is 33.7 Å². The standard InChI is InChI=1S/C26H20N2O6/c1-11(29)25-18-4-2-3-5-19(31)26(25,34-25)16-8-17(30)20-21(22(16)28-18)24(33)15-7-13-10-27-9-12(13)6-14(15)23(20)32/h3,5-8,11,18-19,27-31H,9-10H2,1H3/b5-3-/t11-,18+,19-,25+,26+/m1/s1. The first-order chi connectivity index (χ1) is 16.3. The second-order valence-electron chi connectivity index (χ2n) is 9.47. The van der Waals surface area contributed by atoms with Crippen LogP contribution in [0.25, 0.3) is 0 Å². The smallest absolute Gasteiger partial charge is 0.198 e. The summed E-state index contributed by atoms with van der Waals surface area (Å²) in [6.07, 6.45) is 0.753. The number of allylic oxidation sites excluding steroid dienone is 1. The van der Waals surface area contributed by atoms with E-state index in [0.29, 0.717) is 18.7 Å². The molecule has 0 amide bonds. The third-order valence-corrected chi connectivity index (χ3v) is 7.83. The van der Waals surface area contributed by atoms with E-state index in [4.69, 9.17) is 4.74 Å². The number of aromatic hydroxyl groups is 1. The largest absolute Gasteiger partial charge is 0.507 e. The number of fused-ring (bicyclic) bond motifs is 5. The molecule has 2 aromatic carbocycles. The highest BCUT2D eigenvalue weighted by Crippen LogP contribution is 2.67. The van der Waals surface area contributed by atoms with Gasteiger partial charge in [-0.15, -0.1) is 0 Å². The number of phenols is 1. The molecular formula is C26H20N2O6. The lowest BCUT2D eigenvalue weighted by molar-refractivity contribution is 0.0866. The van der Waals surface area contributed by atoms with Crippen molar-refractivity contribution in [1.29, 1.82) is 0 Å². The predicted molar refractivity (Wildman–Crippen MR) is 119 cm³/mol. The number of ether oxygens (including phenoxy) is 1. The fourth-order valence-electron chi connectivity index (χ4n) is 6.23. The number of phenolic OH excluding ortho intramolecular Hbond substituents is 1. The zero-order valence-corrected chi connectivity index (χ0v) is 18.1. The van der Waals surface area contributed by atoms with Gasteiger partial charge in [0.05, 0.1) is 22.9 Å². The topological polar surface area (TPSA) is 131 Å². The average Bonchev–Trinajstić information content (AvgIpc) is 3.34. The molecule has 0 saturated carbocycles. The van der Waals surface area contributed by atoms with E-state index < -0.39 is 41.0 Å². The zero-order valence-electron chi connectivity index (χ0n) is 18.1. The molecule has 0 unspecified atom stereocenters. The van der Waals surface area contributed by atoms with Gasteiger partial charge in [-0.05, 0) is 48.4 Å². The van der Waals surface area contributed by atoms with Crippen LogP contribution in [0.4, 0.5) is 5.69 Å². The number of aliphatic hydroxyl groups excluding tert-OH is 2. The number of nitrogens with one attached hydrogen (secondary N) is 2. The van der Waals surface area contributed by atoms with Crippen molar-refractivity contribution in [3.8, 4) is 17.6 Å². The van der Waals surface area contributed by atoms with E-state index >= 15 is 0 Å². The van der Waals surface area contributed by atoms with Crippen molar-refractivity contribution in [2.45, 2.75) is 49.5 Å². The molecule has 5 N–H and O–H groups in total. The summed E-state index contributed by atoms with van der Waals surface area (Å²) in [4.78, 5) is 27.4. The third-order valence-electron chi connectivity index (χ3n) is 7.83. The minimum absolute atomic E-state index is 0.0380. The van der Waals surface area contributed by atoms with Gasteiger partial charge in [0, 0.05) is 29.8 Å². The van der Waals surface area contributed by atoms with Crippen LogP contribution in [0.1, 0.15) is 55.5 Å². The van der Waals surface area contributed by atoms with Crippen LogP contribution < -0.4 is 10.6 Å². The van der Waals surface area contributed by atoms with E-state index in [1.165, 1.54) is 18.2 Å². The Bertz CT molecular complexity index is 1460. The Kier molecular flexibility index (Phi) is 3.60. The molecular weight excluding hydrogens is 436 g/mol. The molecule has 5 atom stereocenters. The van der Waals surface area contributed by atoms with Crippen LogP contribution in [-0.4, -0.2) is 50.7 Å². The summed E-state index contributed by atoms with van der Waals surface area (Å²) in [5.41, 5.74) is 0.300. The van der Waals surface area contributed by atoms with Crippen LogP contribution in [-0.2, 0) is 23.4 Å². The number of carbonyl (C=O) groups excluding carboxylic acids is 2. The molecule has 2 aromatic rings. The summed E-state index contributed by atoms with van der Waals surface area (Å²) in [6, 6.07) is 4.07. The first-order valence-electron chi connectivity index (χ1n) is 11.2. The molecule has 1 saturated heterocycles. The summed E-state index contributed by atoms with van der Waals surface area (Å²) < 4.78 is 6.14. The normalized spacial score (nSPS) is 32.9. The number of epoxide rings is 1. The van der Waals surface area contributed by atoms with E-state index in [0.717, 1.165) is 11.1 Å². The molecule has 0 spiro atoms. The Morgan fingerprint density at radius 2 is 1.79 bits per heavy atom. The van der Waals surface area contributed by atoms with Crippen LogP contribution in [0.5, 0.6) is 5.75 Å². The van der Waals surface area contributed by atoms with Crippen LogP contribution in [0.2, 0.25) is 0 Å². The summed E-state index contributed by atoms with van der Waals surface area (Å²) in [5, 5.41) is 39.3. The van der Waals surface area contributed by atoms with Crippen molar-refractivity contribution in [3.63, 3.8) is 0 Å². The molecule has 2 aliphatic carbocycles. The number of anilines is 1. The Balaban J connectivity index is 1.52. The van der Waals surface area contributed by atoms with Crippen LogP contribution in [0.15, 0.2) is 30.4 Å². The highest BCUT2D eigenvalue weighted by molar-refractivity contribution is 6.31. The number of carbonyl (C=O) groups is 2. The molecule has 3 heterocycles. The van der Waals surface area contributed by atoms with Gasteiger partial charge in [-0.3, -0.25) is 9.59 Å². The van der Waals surface area contributed by atoms with Gasteiger partial charge < -0.3 is 30.7 Å². The monoisotopic (exact) mass is 456 g/mol. The molecule has 0 radical (unpaired) electrons. The Hall–Kier alpha value is -3.48. The summed E-state index contributed by atoms with van der Waals surface area (Å²) in [5.74, 6) is 4.65. The number of rotatable bonds is 1. The summed E-state index contributed by atoms with van der Waals surface area (Å²) in [7, 11) is 0. The maximum Gasteiger partial charge on any atom is 0.198 e. The first kappa shape index (κ1) is 19.9. The minimum Gasteiger partial charge on any atom is -0.507 e. The van der Waals surface area contributed by atoms with Crippen LogP contribution >= 0.6 is 0 Å². The number of hydrogen-bond donors (Lipinski definition) is 5. The fraction of sp³-hybridized carbons (Fsp3) is 0.308. The average molecular weight is 456 g/mol. The van der Waals surface area contributed by atoms with Gasteiger partial charge in [-0.1, -0.05) is 11.8 Å². The maximum absolute atomic E-state index is 13.8. The van der Waals surface area contributed by atoms with Gasteiger partial charge in [0.25, 0.3) is 0 Å². The SMILES string of the molecule is C[C@@H](O)[C@@]12O[C@]13c1cc(O)c4c(c1N[C@H]2C#C/C=C\[C@H]3O)C(=O)c1cc2c(cc1C4=O)CNC2. The van der Waals surface area contributed by atoms with Crippen molar-refractivity contribution >= 4 is 17.3 Å². The lowest BCUT2D eigenvalue weighted by Crippen LogP contribution is -2.55. The number of aliphatic hydroxyl groups is 2. The van der Waals surface area contributed by atoms with Gasteiger partial charge in [0.2, 0.25) is 0 Å². The van der Waals surface area contributed by atoms with E-state index in [2.05, 4.69) is 22.5 Å². The van der Waals surface area contributed by atoms with E-state index in [9.17, 15) is 24.9 Å². The Morgan fingerprint density at radius 3 is 2.47 bits per heavy atom. The van der Waals surface area contributed by atoms with Gasteiger partial charge in [0.1, 0.15) is 17.9 Å². The van der Waals surface area contributed by atoms with Gasteiger partial charge in [-0.25, -0.2) is 0 Å². The van der Waals surface area contributed by atoms with Gasteiger partial charge in [-0.2, -0.15) is 0 Å². The quantitative estimate of drug-likeness (QED) is 0.207. The highest BCUT2D eigenvalue weighted by Gasteiger charge is 2.82. The molecule has 8 heteroatoms. The van der Waals surface area contributed by atoms with E-state index in [1.807, 2.05) is 0 Å². The van der Waals surface area contributed by atoms with Crippen LogP contribution in [0, 0.1) is 11.8 Å². The molecule has 0 aromatic heterocycles. The van der Waals surface area contributed by atoms with Crippen molar-refractivity contribution in [2.75, 3.05) is 5.32 Å². The third kappa shape index (κ3) is 2.06. The second-order valence-corrected chi connectivity index (χ2v) is 9.47. The zero-order chi connectivity index (χ0) is 23.6. The van der Waals surface area contributed by atoms with Gasteiger partial charge >= 0.3 is 0 Å². The lowest BCUT2D eigenvalue weighted by atomic mass is 9.69. The molecule has 3 aliphatic heterocycles. The maximum atomic E-state index is 13.8. The highest BCUT2D eigenvalue weighted by atomic mass is 16.7. The minimum atomic E-state index is -1.43. The first-order valence-corrected chi connectivity index (χ1v) is 11.2. The molecule has 170 valence electrons. The van der Waals surface area contributed by atoms with Crippen molar-refractivity contribution < 1.29 is 29.6 Å². The van der Waals surface area contributed by atoms with Crippen molar-refractivity contribution in [2.24, 2.45) is 0 Å². The van der Waals surface area contributed by atoms with E-state index in [1.54, 1.807) is 19.1 Å². The summed E-state index contributed by atoms with van der Waals surface area (Å²) in [6.45, 7) is 2.78. The number of hydrogen-bond acceptors (Lipinski definition) is 8. The molecule has 2 bridgehead atoms. The Labute approximate surface area is 194 Å². The molecule has 34 heavy (non-hydrogen) atoms. The number of benzene rings is 2.